The Morgan fingerprint density at radius 3 is 2.81 bits per heavy atom. The van der Waals surface area contributed by atoms with E-state index in [0.717, 1.165) is 24.8 Å². The van der Waals surface area contributed by atoms with Crippen LogP contribution in [0.1, 0.15) is 34.8 Å². The fourth-order valence-corrected chi connectivity index (χ4v) is 2.31. The lowest BCUT2D eigenvalue weighted by Gasteiger charge is -2.14. The first-order valence-corrected chi connectivity index (χ1v) is 5.63. The van der Waals surface area contributed by atoms with Gasteiger partial charge in [-0.1, -0.05) is 6.07 Å². The number of nitrogens with two attached hydrogens (primary N) is 1. The van der Waals surface area contributed by atoms with Gasteiger partial charge in [0.1, 0.15) is 5.75 Å². The largest absolute Gasteiger partial charge is 0.496 e. The van der Waals surface area contributed by atoms with E-state index < -0.39 is 6.04 Å². The van der Waals surface area contributed by atoms with Crippen molar-refractivity contribution in [3.8, 4) is 5.75 Å². The second-order valence-corrected chi connectivity index (χ2v) is 4.29. The standard InChI is InChI=1S/C13H17NO2/c1-8(14)13(15)12-10-5-3-4-9(10)6-7-11(12)16-2/h6-8H,3-5,14H2,1-2H3. The molecule has 3 nitrogen and oxygen atoms in total. The molecule has 2 rings (SSSR count). The number of aryl methyl sites for hydroxylation is 1. The Hall–Kier alpha value is -1.35. The third-order valence-corrected chi connectivity index (χ3v) is 3.12. The number of Topliss-reactive ketones (excluding diaryl/α,β-unsaturated/α-hetero) is 1. The molecular formula is C13H17NO2. The van der Waals surface area contributed by atoms with Gasteiger partial charge in [-0.2, -0.15) is 0 Å². The van der Waals surface area contributed by atoms with Crippen LogP contribution in [0.2, 0.25) is 0 Å². The Morgan fingerprint density at radius 2 is 2.19 bits per heavy atom. The minimum atomic E-state index is -0.471. The van der Waals surface area contributed by atoms with Crippen LogP contribution in [0.4, 0.5) is 0 Å². The molecule has 2 N–H and O–H groups in total. The quantitative estimate of drug-likeness (QED) is 0.787. The van der Waals surface area contributed by atoms with Crippen molar-refractivity contribution in [2.75, 3.05) is 7.11 Å². The number of rotatable bonds is 3. The Bertz CT molecular complexity index is 424. The maximum atomic E-state index is 12.1. The van der Waals surface area contributed by atoms with Crippen LogP contribution in [0.5, 0.6) is 5.75 Å². The fourth-order valence-electron chi connectivity index (χ4n) is 2.31. The van der Waals surface area contributed by atoms with Crippen molar-refractivity contribution >= 4 is 5.78 Å². The van der Waals surface area contributed by atoms with Gasteiger partial charge in [0.05, 0.1) is 18.7 Å². The molecule has 0 saturated carbocycles. The number of ether oxygens (including phenoxy) is 1. The highest BCUT2D eigenvalue weighted by molar-refractivity contribution is 6.03. The predicted octanol–water partition coefficient (Wildman–Crippen LogP) is 1.71. The van der Waals surface area contributed by atoms with Crippen LogP contribution in [0.3, 0.4) is 0 Å². The zero-order chi connectivity index (χ0) is 11.7. The Kier molecular flexibility index (Phi) is 2.97. The summed E-state index contributed by atoms with van der Waals surface area (Å²) in [6.07, 6.45) is 3.13. The summed E-state index contributed by atoms with van der Waals surface area (Å²) in [5.74, 6) is 0.638. The molecule has 16 heavy (non-hydrogen) atoms. The third kappa shape index (κ3) is 1.71. The summed E-state index contributed by atoms with van der Waals surface area (Å²) in [5, 5.41) is 0. The van der Waals surface area contributed by atoms with Gasteiger partial charge < -0.3 is 10.5 Å². The number of hydrogen-bond donors (Lipinski definition) is 1. The van der Waals surface area contributed by atoms with Crippen molar-refractivity contribution in [3.05, 3.63) is 28.8 Å². The van der Waals surface area contributed by atoms with Crippen LogP contribution in [-0.2, 0) is 12.8 Å². The van der Waals surface area contributed by atoms with E-state index in [1.54, 1.807) is 14.0 Å². The summed E-state index contributed by atoms with van der Waals surface area (Å²) in [5.41, 5.74) is 8.79. The Balaban J connectivity index is 2.56. The van der Waals surface area contributed by atoms with Gasteiger partial charge in [-0.3, -0.25) is 4.79 Å². The molecule has 3 heteroatoms. The van der Waals surface area contributed by atoms with Gasteiger partial charge in [0.15, 0.2) is 5.78 Å². The highest BCUT2D eigenvalue weighted by Crippen LogP contribution is 2.32. The summed E-state index contributed by atoms with van der Waals surface area (Å²) < 4.78 is 5.27. The smallest absolute Gasteiger partial charge is 0.183 e. The Morgan fingerprint density at radius 1 is 1.44 bits per heavy atom. The minimum absolute atomic E-state index is 0.0180. The molecule has 86 valence electrons. The Labute approximate surface area is 95.6 Å². The number of benzene rings is 1. The van der Waals surface area contributed by atoms with Crippen LogP contribution in [0.15, 0.2) is 12.1 Å². The first kappa shape index (κ1) is 11.1. The number of carbonyl (C=O) groups is 1. The zero-order valence-corrected chi connectivity index (χ0v) is 9.75. The fraction of sp³-hybridized carbons (Fsp3) is 0.462. The van der Waals surface area contributed by atoms with E-state index in [4.69, 9.17) is 10.5 Å². The van der Waals surface area contributed by atoms with Gasteiger partial charge in [-0.05, 0) is 43.4 Å². The van der Waals surface area contributed by atoms with Gasteiger partial charge in [0, 0.05) is 0 Å². The second kappa shape index (κ2) is 4.26. The molecule has 0 heterocycles. The molecule has 1 aromatic rings. The van der Waals surface area contributed by atoms with E-state index in [0.29, 0.717) is 11.3 Å². The van der Waals surface area contributed by atoms with E-state index in [1.807, 2.05) is 6.07 Å². The van der Waals surface area contributed by atoms with Gasteiger partial charge in [0.25, 0.3) is 0 Å². The molecule has 1 aliphatic rings. The summed E-state index contributed by atoms with van der Waals surface area (Å²) in [4.78, 5) is 12.1. The lowest BCUT2D eigenvalue weighted by atomic mass is 9.96. The van der Waals surface area contributed by atoms with Gasteiger partial charge in [-0.25, -0.2) is 0 Å². The molecule has 0 aromatic heterocycles. The molecule has 0 radical (unpaired) electrons. The van der Waals surface area contributed by atoms with Crippen LogP contribution < -0.4 is 10.5 Å². The van der Waals surface area contributed by atoms with Crippen LogP contribution in [0.25, 0.3) is 0 Å². The zero-order valence-electron chi connectivity index (χ0n) is 9.75. The highest BCUT2D eigenvalue weighted by Gasteiger charge is 2.24. The molecule has 1 unspecified atom stereocenters. The number of carbonyl (C=O) groups excluding carboxylic acids is 1. The van der Waals surface area contributed by atoms with Gasteiger partial charge in [-0.15, -0.1) is 0 Å². The summed E-state index contributed by atoms with van der Waals surface area (Å²) in [6, 6.07) is 3.46. The van der Waals surface area contributed by atoms with Crippen molar-refractivity contribution in [1.29, 1.82) is 0 Å². The van der Waals surface area contributed by atoms with E-state index in [1.165, 1.54) is 5.56 Å². The molecule has 0 spiro atoms. The van der Waals surface area contributed by atoms with Gasteiger partial charge >= 0.3 is 0 Å². The molecule has 1 atom stereocenters. The first-order valence-electron chi connectivity index (χ1n) is 5.63. The third-order valence-electron chi connectivity index (χ3n) is 3.12. The van der Waals surface area contributed by atoms with Crippen molar-refractivity contribution in [2.24, 2.45) is 5.73 Å². The first-order chi connectivity index (χ1) is 7.65. The molecule has 0 bridgehead atoms. The van der Waals surface area contributed by atoms with Crippen LogP contribution in [-0.4, -0.2) is 18.9 Å². The van der Waals surface area contributed by atoms with Crippen molar-refractivity contribution in [3.63, 3.8) is 0 Å². The van der Waals surface area contributed by atoms with E-state index in [-0.39, 0.29) is 5.78 Å². The van der Waals surface area contributed by atoms with Crippen molar-refractivity contribution in [1.82, 2.24) is 0 Å². The molecule has 1 aliphatic carbocycles. The average Bonchev–Trinajstić information content (AvgIpc) is 2.74. The molecular weight excluding hydrogens is 202 g/mol. The monoisotopic (exact) mass is 219 g/mol. The topological polar surface area (TPSA) is 52.3 Å². The lowest BCUT2D eigenvalue weighted by molar-refractivity contribution is 0.0964. The number of methoxy groups -OCH3 is 1. The number of hydrogen-bond acceptors (Lipinski definition) is 3. The molecule has 1 aromatic carbocycles. The van der Waals surface area contributed by atoms with Crippen LogP contribution >= 0.6 is 0 Å². The molecule has 0 aliphatic heterocycles. The summed E-state index contributed by atoms with van der Waals surface area (Å²) in [7, 11) is 1.59. The van der Waals surface area contributed by atoms with Crippen molar-refractivity contribution < 1.29 is 9.53 Å². The molecule has 0 fully saturated rings. The normalized spacial score (nSPS) is 15.7. The highest BCUT2D eigenvalue weighted by atomic mass is 16.5. The maximum Gasteiger partial charge on any atom is 0.183 e. The van der Waals surface area contributed by atoms with Crippen molar-refractivity contribution in [2.45, 2.75) is 32.2 Å². The van der Waals surface area contributed by atoms with Crippen LogP contribution in [0, 0.1) is 0 Å². The average molecular weight is 219 g/mol. The summed E-state index contributed by atoms with van der Waals surface area (Å²) in [6.45, 7) is 1.72. The van der Waals surface area contributed by atoms with E-state index in [2.05, 4.69) is 6.07 Å². The number of ketones is 1. The SMILES string of the molecule is COc1ccc2c(c1C(=O)C(C)N)CCC2. The molecule has 0 amide bonds. The molecule has 0 saturated heterocycles. The maximum absolute atomic E-state index is 12.1. The van der Waals surface area contributed by atoms with Gasteiger partial charge in [0.2, 0.25) is 0 Å². The van der Waals surface area contributed by atoms with E-state index >= 15 is 0 Å². The summed E-state index contributed by atoms with van der Waals surface area (Å²) >= 11 is 0. The minimum Gasteiger partial charge on any atom is -0.496 e. The lowest BCUT2D eigenvalue weighted by Crippen LogP contribution is -2.28. The predicted molar refractivity (Wildman–Crippen MR) is 63.0 cm³/mol. The van der Waals surface area contributed by atoms with E-state index in [9.17, 15) is 4.79 Å². The second-order valence-electron chi connectivity index (χ2n) is 4.29. The number of fused-ring (bicyclic) bond motifs is 1.